The van der Waals surface area contributed by atoms with Gasteiger partial charge in [0.05, 0.1) is 5.56 Å². The number of nitrogens with one attached hydrogen (secondary N) is 2. The van der Waals surface area contributed by atoms with E-state index in [0.717, 1.165) is 25.8 Å². The molecule has 124 valence electrons. The average molecular weight is 316 g/mol. The van der Waals surface area contributed by atoms with Gasteiger partial charge in [-0.2, -0.15) is 0 Å². The van der Waals surface area contributed by atoms with Crippen LogP contribution in [0.4, 0.5) is 5.82 Å². The Balaban J connectivity index is 1.62. The van der Waals surface area contributed by atoms with Crippen molar-refractivity contribution in [2.24, 2.45) is 5.92 Å². The maximum Gasteiger partial charge on any atom is 0.254 e. The van der Waals surface area contributed by atoms with Gasteiger partial charge in [0.1, 0.15) is 5.82 Å². The zero-order chi connectivity index (χ0) is 16.2. The summed E-state index contributed by atoms with van der Waals surface area (Å²) < 4.78 is 0. The van der Waals surface area contributed by atoms with E-state index in [2.05, 4.69) is 15.6 Å². The first kappa shape index (κ1) is 15.8. The van der Waals surface area contributed by atoms with Gasteiger partial charge in [0.2, 0.25) is 5.91 Å². The van der Waals surface area contributed by atoms with Crippen LogP contribution in [0.25, 0.3) is 0 Å². The van der Waals surface area contributed by atoms with E-state index in [1.807, 2.05) is 4.90 Å². The lowest BCUT2D eigenvalue weighted by Gasteiger charge is -2.21. The molecule has 0 spiro atoms. The van der Waals surface area contributed by atoms with E-state index < -0.39 is 0 Å². The van der Waals surface area contributed by atoms with Gasteiger partial charge in [-0.25, -0.2) is 4.98 Å². The van der Waals surface area contributed by atoms with Gasteiger partial charge in [-0.15, -0.1) is 0 Å². The standard InChI is InChI=1S/C17H24N4O2/c1-18-16(22)14-7-4-9-19-15(14)20-13-8-10-21(11-13)17(23)12-5-2-3-6-12/h4,7,9,12-13H,2-3,5-6,8,10-11H2,1H3,(H,18,22)(H,19,20). The van der Waals surface area contributed by atoms with Gasteiger partial charge in [-0.1, -0.05) is 12.8 Å². The molecule has 2 amide bonds. The third kappa shape index (κ3) is 3.46. The highest BCUT2D eigenvalue weighted by Gasteiger charge is 2.32. The summed E-state index contributed by atoms with van der Waals surface area (Å²) in [7, 11) is 1.61. The van der Waals surface area contributed by atoms with Gasteiger partial charge in [0.15, 0.2) is 0 Å². The third-order valence-electron chi connectivity index (χ3n) is 4.82. The Bertz CT molecular complexity index is 584. The maximum absolute atomic E-state index is 12.5. The van der Waals surface area contributed by atoms with Crippen LogP contribution in [0.1, 0.15) is 42.5 Å². The summed E-state index contributed by atoms with van der Waals surface area (Å²) in [4.78, 5) is 30.6. The minimum Gasteiger partial charge on any atom is -0.365 e. The Hall–Kier alpha value is -2.11. The van der Waals surface area contributed by atoms with Crippen molar-refractivity contribution in [3.05, 3.63) is 23.9 Å². The molecule has 6 nitrogen and oxygen atoms in total. The molecule has 1 atom stereocenters. The molecule has 1 saturated carbocycles. The minimum atomic E-state index is -0.155. The van der Waals surface area contributed by atoms with Crippen LogP contribution < -0.4 is 10.6 Å². The molecule has 0 bridgehead atoms. The summed E-state index contributed by atoms with van der Waals surface area (Å²) in [5.74, 6) is 0.967. The number of pyridine rings is 1. The van der Waals surface area contributed by atoms with Crippen LogP contribution in [0.15, 0.2) is 18.3 Å². The fourth-order valence-electron chi connectivity index (χ4n) is 3.54. The number of likely N-dealkylation sites (tertiary alicyclic amines) is 1. The fraction of sp³-hybridized carbons (Fsp3) is 0.588. The topological polar surface area (TPSA) is 74.3 Å². The largest absolute Gasteiger partial charge is 0.365 e. The molecule has 6 heteroatoms. The number of carbonyl (C=O) groups is 2. The van der Waals surface area contributed by atoms with Crippen molar-refractivity contribution in [1.82, 2.24) is 15.2 Å². The van der Waals surface area contributed by atoms with E-state index >= 15 is 0 Å². The Morgan fingerprint density at radius 2 is 2.04 bits per heavy atom. The lowest BCUT2D eigenvalue weighted by molar-refractivity contribution is -0.134. The van der Waals surface area contributed by atoms with E-state index in [1.165, 1.54) is 12.8 Å². The zero-order valence-electron chi connectivity index (χ0n) is 13.5. The molecule has 3 rings (SSSR count). The van der Waals surface area contributed by atoms with Crippen LogP contribution in [-0.2, 0) is 4.79 Å². The van der Waals surface area contributed by atoms with Gasteiger partial charge in [-0.05, 0) is 31.4 Å². The third-order valence-corrected chi connectivity index (χ3v) is 4.82. The number of carbonyl (C=O) groups excluding carboxylic acids is 2. The second kappa shape index (κ2) is 6.98. The summed E-state index contributed by atoms with van der Waals surface area (Å²) in [6.07, 6.45) is 6.99. The summed E-state index contributed by atoms with van der Waals surface area (Å²) in [6.45, 7) is 1.48. The quantitative estimate of drug-likeness (QED) is 0.885. The Morgan fingerprint density at radius 1 is 1.26 bits per heavy atom. The van der Waals surface area contributed by atoms with Crippen molar-refractivity contribution in [1.29, 1.82) is 0 Å². The fourth-order valence-corrected chi connectivity index (χ4v) is 3.54. The average Bonchev–Trinajstić information content (AvgIpc) is 3.26. The highest BCUT2D eigenvalue weighted by molar-refractivity contribution is 5.98. The van der Waals surface area contributed by atoms with E-state index in [4.69, 9.17) is 0 Å². The Morgan fingerprint density at radius 3 is 2.78 bits per heavy atom. The van der Waals surface area contributed by atoms with Gasteiger partial charge in [-0.3, -0.25) is 9.59 Å². The molecule has 1 unspecified atom stereocenters. The smallest absolute Gasteiger partial charge is 0.254 e. The normalized spacial score (nSPS) is 21.4. The summed E-state index contributed by atoms with van der Waals surface area (Å²) in [5, 5.41) is 5.96. The number of nitrogens with zero attached hydrogens (tertiary/aromatic N) is 2. The molecule has 1 aliphatic heterocycles. The predicted octanol–water partition coefficient (Wildman–Crippen LogP) is 1.64. The molecule has 2 fully saturated rings. The molecule has 1 aliphatic carbocycles. The van der Waals surface area contributed by atoms with Crippen molar-refractivity contribution in [3.63, 3.8) is 0 Å². The summed E-state index contributed by atoms with van der Waals surface area (Å²) in [6, 6.07) is 3.66. The number of hydrogen-bond acceptors (Lipinski definition) is 4. The van der Waals surface area contributed by atoms with Crippen LogP contribution in [0.5, 0.6) is 0 Å². The lowest BCUT2D eigenvalue weighted by Crippen LogP contribution is -2.35. The SMILES string of the molecule is CNC(=O)c1cccnc1NC1CCN(C(=O)C2CCCC2)C1. The molecule has 2 aliphatic rings. The monoisotopic (exact) mass is 316 g/mol. The Kier molecular flexibility index (Phi) is 4.79. The lowest BCUT2D eigenvalue weighted by atomic mass is 10.1. The predicted molar refractivity (Wildman–Crippen MR) is 88.2 cm³/mol. The number of anilines is 1. The maximum atomic E-state index is 12.5. The summed E-state index contributed by atoms with van der Waals surface area (Å²) in [5.41, 5.74) is 0.538. The number of amides is 2. The molecule has 23 heavy (non-hydrogen) atoms. The molecule has 1 saturated heterocycles. The van der Waals surface area contributed by atoms with Crippen LogP contribution in [0.2, 0.25) is 0 Å². The van der Waals surface area contributed by atoms with Crippen LogP contribution in [0.3, 0.4) is 0 Å². The first-order valence-corrected chi connectivity index (χ1v) is 8.41. The highest BCUT2D eigenvalue weighted by atomic mass is 16.2. The van der Waals surface area contributed by atoms with Crippen LogP contribution in [0, 0.1) is 5.92 Å². The van der Waals surface area contributed by atoms with E-state index in [-0.39, 0.29) is 17.9 Å². The van der Waals surface area contributed by atoms with Crippen molar-refractivity contribution in [2.45, 2.75) is 38.1 Å². The zero-order valence-corrected chi connectivity index (χ0v) is 13.5. The van der Waals surface area contributed by atoms with Crippen molar-refractivity contribution in [2.75, 3.05) is 25.5 Å². The van der Waals surface area contributed by atoms with E-state index in [9.17, 15) is 9.59 Å². The van der Waals surface area contributed by atoms with Crippen molar-refractivity contribution in [3.8, 4) is 0 Å². The minimum absolute atomic E-state index is 0.152. The van der Waals surface area contributed by atoms with Crippen LogP contribution >= 0.6 is 0 Å². The molecular weight excluding hydrogens is 292 g/mol. The molecule has 2 heterocycles. The van der Waals surface area contributed by atoms with Crippen molar-refractivity contribution < 1.29 is 9.59 Å². The van der Waals surface area contributed by atoms with Gasteiger partial charge in [0.25, 0.3) is 5.91 Å². The van der Waals surface area contributed by atoms with Gasteiger partial charge in [0, 0.05) is 38.3 Å². The summed E-state index contributed by atoms with van der Waals surface area (Å²) >= 11 is 0. The number of hydrogen-bond donors (Lipinski definition) is 2. The first-order chi connectivity index (χ1) is 11.2. The van der Waals surface area contributed by atoms with Gasteiger partial charge < -0.3 is 15.5 Å². The Labute approximate surface area is 136 Å². The van der Waals surface area contributed by atoms with E-state index in [1.54, 1.807) is 25.4 Å². The molecule has 0 radical (unpaired) electrons. The second-order valence-electron chi connectivity index (χ2n) is 6.37. The molecule has 0 aromatic carbocycles. The first-order valence-electron chi connectivity index (χ1n) is 8.41. The highest BCUT2D eigenvalue weighted by Crippen LogP contribution is 2.28. The molecule has 1 aromatic rings. The van der Waals surface area contributed by atoms with Crippen LogP contribution in [-0.4, -0.2) is 47.9 Å². The molecule has 2 N–H and O–H groups in total. The second-order valence-corrected chi connectivity index (χ2v) is 6.37. The van der Waals surface area contributed by atoms with Crippen molar-refractivity contribution >= 4 is 17.6 Å². The molecule has 1 aromatic heterocycles. The van der Waals surface area contributed by atoms with E-state index in [0.29, 0.717) is 23.8 Å². The number of rotatable bonds is 4. The van der Waals surface area contributed by atoms with Gasteiger partial charge >= 0.3 is 0 Å². The number of aromatic nitrogens is 1. The molecular formula is C17H24N4O2.